The van der Waals surface area contributed by atoms with Crippen molar-refractivity contribution in [1.29, 1.82) is 0 Å². The van der Waals surface area contributed by atoms with Gasteiger partial charge in [0.05, 0.1) is 16.8 Å². The molecule has 4 rings (SSSR count). The van der Waals surface area contributed by atoms with E-state index in [2.05, 4.69) is 18.3 Å². The lowest BCUT2D eigenvalue weighted by molar-refractivity contribution is 0.0538. The van der Waals surface area contributed by atoms with Gasteiger partial charge in [0.1, 0.15) is 22.7 Å². The van der Waals surface area contributed by atoms with E-state index in [1.165, 1.54) is 10.6 Å². The van der Waals surface area contributed by atoms with Crippen LogP contribution in [0, 0.1) is 13.8 Å². The minimum absolute atomic E-state index is 0.156. The molecule has 2 aromatic heterocycles. The van der Waals surface area contributed by atoms with Crippen LogP contribution in [0.25, 0.3) is 22.2 Å². The van der Waals surface area contributed by atoms with Gasteiger partial charge in [-0.2, -0.15) is 0 Å². The third-order valence-corrected chi connectivity index (χ3v) is 5.41. The summed E-state index contributed by atoms with van der Waals surface area (Å²) in [6, 6.07) is 3.60. The van der Waals surface area contributed by atoms with Crippen molar-refractivity contribution in [3.8, 4) is 11.1 Å². The predicted octanol–water partition coefficient (Wildman–Crippen LogP) is 5.89. The second-order valence-electron chi connectivity index (χ2n) is 9.21. The largest absolute Gasteiger partial charge is 0.443 e. The Kier molecular flexibility index (Phi) is 5.15. The molecule has 166 valence electrons. The molecule has 0 amide bonds. The molecule has 0 saturated heterocycles. The van der Waals surface area contributed by atoms with Crippen LogP contribution >= 0.6 is 0 Å². The number of benzene rings is 1. The monoisotopic (exact) mass is 433 g/mol. The van der Waals surface area contributed by atoms with E-state index in [1.54, 1.807) is 6.07 Å². The van der Waals surface area contributed by atoms with Gasteiger partial charge in [-0.1, -0.05) is 24.4 Å². The molecule has 7 nitrogen and oxygen atoms in total. The summed E-state index contributed by atoms with van der Waals surface area (Å²) in [6.07, 6.45) is 2.78. The molecule has 0 aliphatic heterocycles. The molecule has 0 N–H and O–H groups in total. The van der Waals surface area contributed by atoms with Crippen LogP contribution in [0.15, 0.2) is 41.5 Å². The van der Waals surface area contributed by atoms with E-state index < -0.39 is 11.7 Å². The number of nitrogens with zero attached hydrogens (tertiary/aromatic N) is 3. The lowest BCUT2D eigenvalue weighted by Gasteiger charge is -2.20. The molecule has 7 heteroatoms. The number of carbonyl (C=O) groups is 2. The van der Waals surface area contributed by atoms with Crippen molar-refractivity contribution in [2.75, 3.05) is 0 Å². The highest BCUT2D eigenvalue weighted by atomic mass is 16.6. The molecule has 0 radical (unpaired) electrons. The third-order valence-electron chi connectivity index (χ3n) is 5.41. The maximum atomic E-state index is 13.2. The summed E-state index contributed by atoms with van der Waals surface area (Å²) < 4.78 is 12.5. The fourth-order valence-electron chi connectivity index (χ4n) is 3.79. The maximum absolute atomic E-state index is 13.2. The van der Waals surface area contributed by atoms with Crippen molar-refractivity contribution in [3.63, 3.8) is 0 Å². The summed E-state index contributed by atoms with van der Waals surface area (Å²) in [7, 11) is 0. The molecule has 1 fully saturated rings. The highest BCUT2D eigenvalue weighted by Gasteiger charge is 2.35. The number of allylic oxidation sites excluding steroid dienone is 2. The van der Waals surface area contributed by atoms with Gasteiger partial charge in [0.15, 0.2) is 5.78 Å². The normalized spacial score (nSPS) is 13.9. The minimum atomic E-state index is -0.677. The number of hydrogen-bond acceptors (Lipinski definition) is 6. The van der Waals surface area contributed by atoms with E-state index in [-0.39, 0.29) is 17.3 Å². The standard InChI is InChI=1S/C25H27N3O4/c1-8-13(2)22(29)18-11-17(20-14(3)27-32-15(20)4)12-19-21(18)26-23(16-9-10-16)28(19)24(30)31-25(5,6)7/h8,11-12,16H,1-2,9-10H2,3-7H3. The summed E-state index contributed by atoms with van der Waals surface area (Å²) in [5.41, 5.74) is 3.06. The smallest absolute Gasteiger partial charge is 0.420 e. The first-order valence-corrected chi connectivity index (χ1v) is 10.6. The first kappa shape index (κ1) is 21.7. The Hall–Kier alpha value is -3.48. The summed E-state index contributed by atoms with van der Waals surface area (Å²) >= 11 is 0. The van der Waals surface area contributed by atoms with Crippen molar-refractivity contribution in [3.05, 3.63) is 59.8 Å². The van der Waals surface area contributed by atoms with Gasteiger partial charge in [-0.3, -0.25) is 4.79 Å². The van der Waals surface area contributed by atoms with Crippen LogP contribution in [-0.4, -0.2) is 32.2 Å². The summed E-state index contributed by atoms with van der Waals surface area (Å²) in [6.45, 7) is 16.6. The van der Waals surface area contributed by atoms with Gasteiger partial charge in [-0.05, 0) is 65.2 Å². The van der Waals surface area contributed by atoms with Crippen LogP contribution in [0.3, 0.4) is 0 Å². The molecule has 0 bridgehead atoms. The van der Waals surface area contributed by atoms with E-state index in [9.17, 15) is 9.59 Å². The average molecular weight is 434 g/mol. The van der Waals surface area contributed by atoms with E-state index in [1.807, 2.05) is 40.7 Å². The van der Waals surface area contributed by atoms with E-state index >= 15 is 0 Å². The molecular weight excluding hydrogens is 406 g/mol. The Morgan fingerprint density at radius 2 is 1.94 bits per heavy atom. The third kappa shape index (κ3) is 3.79. The molecule has 0 spiro atoms. The molecule has 2 heterocycles. The zero-order chi connectivity index (χ0) is 23.4. The number of aryl methyl sites for hydroxylation is 2. The fourth-order valence-corrected chi connectivity index (χ4v) is 3.79. The zero-order valence-corrected chi connectivity index (χ0v) is 19.1. The SMILES string of the molecule is C=CC(=C)C(=O)c1cc(-c2c(C)noc2C)cc2c1nc(C1CC1)n2C(=O)OC(C)(C)C. The van der Waals surface area contributed by atoms with Crippen molar-refractivity contribution in [2.24, 2.45) is 0 Å². The van der Waals surface area contributed by atoms with Gasteiger partial charge in [0, 0.05) is 17.1 Å². The van der Waals surface area contributed by atoms with Crippen LogP contribution in [0.2, 0.25) is 0 Å². The number of rotatable bonds is 5. The lowest BCUT2D eigenvalue weighted by atomic mass is 9.96. The number of Topliss-reactive ketones (excluding diaryl/α,β-unsaturated/α-hetero) is 1. The number of aromatic nitrogens is 3. The lowest BCUT2D eigenvalue weighted by Crippen LogP contribution is -2.28. The average Bonchev–Trinajstić information content (AvgIpc) is 3.41. The first-order chi connectivity index (χ1) is 15.0. The molecular formula is C25H27N3O4. The molecule has 3 aromatic rings. The number of carbonyl (C=O) groups excluding carboxylic acids is 2. The summed E-state index contributed by atoms with van der Waals surface area (Å²) in [5, 5.41) is 4.04. The van der Waals surface area contributed by atoms with Gasteiger partial charge in [0.2, 0.25) is 0 Å². The Balaban J connectivity index is 2.05. The van der Waals surface area contributed by atoms with Gasteiger partial charge in [-0.25, -0.2) is 14.3 Å². The molecule has 0 atom stereocenters. The highest BCUT2D eigenvalue weighted by molar-refractivity contribution is 6.17. The van der Waals surface area contributed by atoms with E-state index in [0.717, 1.165) is 18.4 Å². The topological polar surface area (TPSA) is 87.2 Å². The first-order valence-electron chi connectivity index (χ1n) is 10.6. The number of hydrogen-bond donors (Lipinski definition) is 0. The van der Waals surface area contributed by atoms with Crippen LogP contribution in [0.5, 0.6) is 0 Å². The molecule has 32 heavy (non-hydrogen) atoms. The van der Waals surface area contributed by atoms with Gasteiger partial charge < -0.3 is 9.26 Å². The van der Waals surface area contributed by atoms with E-state index in [4.69, 9.17) is 14.2 Å². The summed E-state index contributed by atoms with van der Waals surface area (Å²) in [5.74, 6) is 1.09. The summed E-state index contributed by atoms with van der Waals surface area (Å²) in [4.78, 5) is 31.2. The number of ether oxygens (including phenoxy) is 1. The maximum Gasteiger partial charge on any atom is 0.420 e. The van der Waals surface area contributed by atoms with Gasteiger partial charge >= 0.3 is 6.09 Å². The van der Waals surface area contributed by atoms with Gasteiger partial charge in [0.25, 0.3) is 0 Å². The molecule has 1 aliphatic rings. The van der Waals surface area contributed by atoms with Crippen molar-refractivity contribution in [2.45, 2.75) is 59.0 Å². The van der Waals surface area contributed by atoms with Crippen LogP contribution in [0.4, 0.5) is 4.79 Å². The Morgan fingerprint density at radius 1 is 1.25 bits per heavy atom. The van der Waals surface area contributed by atoms with Crippen LogP contribution < -0.4 is 0 Å². The van der Waals surface area contributed by atoms with Crippen LogP contribution in [0.1, 0.15) is 67.2 Å². The second kappa shape index (κ2) is 7.58. The quantitative estimate of drug-likeness (QED) is 0.283. The Labute approximate surface area is 186 Å². The molecule has 1 aliphatic carbocycles. The van der Waals surface area contributed by atoms with Gasteiger partial charge in [-0.15, -0.1) is 0 Å². The van der Waals surface area contributed by atoms with E-state index in [0.29, 0.717) is 39.4 Å². The number of imidazole rings is 1. The predicted molar refractivity (Wildman–Crippen MR) is 122 cm³/mol. The number of ketones is 1. The van der Waals surface area contributed by atoms with Crippen molar-refractivity contribution >= 4 is 22.9 Å². The molecule has 1 aromatic carbocycles. The fraction of sp³-hybridized carbons (Fsp3) is 0.360. The van der Waals surface area contributed by atoms with Crippen molar-refractivity contribution < 1.29 is 18.8 Å². The molecule has 0 unspecified atom stereocenters. The minimum Gasteiger partial charge on any atom is -0.443 e. The Morgan fingerprint density at radius 3 is 2.47 bits per heavy atom. The Bertz CT molecular complexity index is 1260. The van der Waals surface area contributed by atoms with Crippen LogP contribution in [-0.2, 0) is 4.74 Å². The number of fused-ring (bicyclic) bond motifs is 1. The highest BCUT2D eigenvalue weighted by Crippen LogP contribution is 2.42. The zero-order valence-electron chi connectivity index (χ0n) is 19.1. The second-order valence-corrected chi connectivity index (χ2v) is 9.21. The van der Waals surface area contributed by atoms with Crippen molar-refractivity contribution in [1.82, 2.24) is 14.7 Å². The molecule has 1 saturated carbocycles.